The Kier molecular flexibility index (Phi) is 7.60. The van der Waals surface area contributed by atoms with Gasteiger partial charge in [0.25, 0.3) is 0 Å². The lowest BCUT2D eigenvalue weighted by Gasteiger charge is -2.71. The Labute approximate surface area is 262 Å². The van der Waals surface area contributed by atoms with E-state index in [2.05, 4.69) is 6.58 Å². The maximum atomic E-state index is 13.9. The van der Waals surface area contributed by atoms with Crippen LogP contribution in [0.5, 0.6) is 0 Å². The van der Waals surface area contributed by atoms with Crippen LogP contribution in [-0.4, -0.2) is 88.8 Å². The molecule has 2 N–H and O–H groups in total. The third-order valence-electron chi connectivity index (χ3n) is 11.1. The van der Waals surface area contributed by atoms with Crippen molar-refractivity contribution in [3.8, 4) is 0 Å². The fraction of sp³-hybridized carbons (Fsp3) is 0.618. The first-order valence-corrected chi connectivity index (χ1v) is 15.4. The number of benzene rings is 1. The minimum atomic E-state index is -1.97. The SMILES string of the molecule is C=C[C@H]1O[C@H]2C[C@H]3OC[C@@]3(OC(C)=O)[C@H]3[C@H](OC(=O)c4ccccc4)[C@]4(O)C[C@H](O)C(C)=C([C@H](OC(C)=O)[C@H](O1)[C@]23C)C4(C)C. The maximum Gasteiger partial charge on any atom is 0.338 e. The normalized spacial score (nSPS) is 42.8. The summed E-state index contributed by atoms with van der Waals surface area (Å²) in [5, 5.41) is 24.7. The fourth-order valence-corrected chi connectivity index (χ4v) is 8.97. The summed E-state index contributed by atoms with van der Waals surface area (Å²) >= 11 is 0. The number of hydrogen-bond acceptors (Lipinski definition) is 11. The molecule has 2 saturated carbocycles. The first-order valence-electron chi connectivity index (χ1n) is 15.4. The number of carbonyl (C=O) groups is 3. The van der Waals surface area contributed by atoms with E-state index in [1.165, 1.54) is 19.9 Å². The van der Waals surface area contributed by atoms with Crippen LogP contribution >= 0.6 is 0 Å². The minimum absolute atomic E-state index is 0.0414. The molecule has 1 aromatic carbocycles. The van der Waals surface area contributed by atoms with E-state index in [1.807, 2.05) is 6.92 Å². The van der Waals surface area contributed by atoms with Gasteiger partial charge in [0.2, 0.25) is 0 Å². The molecule has 11 heteroatoms. The summed E-state index contributed by atoms with van der Waals surface area (Å²) < 4.78 is 37.8. The van der Waals surface area contributed by atoms with Gasteiger partial charge in [-0.1, -0.05) is 45.5 Å². The molecule has 4 fully saturated rings. The van der Waals surface area contributed by atoms with Gasteiger partial charge in [-0.2, -0.15) is 0 Å². The highest BCUT2D eigenvalue weighted by Crippen LogP contribution is 2.67. The molecule has 5 aliphatic rings. The van der Waals surface area contributed by atoms with Crippen molar-refractivity contribution >= 4 is 17.9 Å². The quantitative estimate of drug-likeness (QED) is 0.282. The molecule has 2 aliphatic heterocycles. The van der Waals surface area contributed by atoms with E-state index in [0.717, 1.165) is 0 Å². The lowest BCUT2D eigenvalue weighted by molar-refractivity contribution is -0.405. The second-order valence-electron chi connectivity index (χ2n) is 13.8. The van der Waals surface area contributed by atoms with Crippen molar-refractivity contribution < 1.29 is 53.0 Å². The summed E-state index contributed by atoms with van der Waals surface area (Å²) in [6, 6.07) is 8.39. The number of esters is 3. The number of aliphatic hydroxyl groups excluding tert-OH is 1. The summed E-state index contributed by atoms with van der Waals surface area (Å²) in [6.45, 7) is 13.6. The van der Waals surface area contributed by atoms with Crippen LogP contribution in [0, 0.1) is 16.7 Å². The molecule has 2 bridgehead atoms. The Morgan fingerprint density at radius 3 is 2.29 bits per heavy atom. The van der Waals surface area contributed by atoms with Crippen molar-refractivity contribution in [1.82, 2.24) is 0 Å². The highest BCUT2D eigenvalue weighted by molar-refractivity contribution is 5.89. The van der Waals surface area contributed by atoms with Crippen LogP contribution in [0.4, 0.5) is 0 Å². The zero-order chi connectivity index (χ0) is 32.7. The van der Waals surface area contributed by atoms with Crippen LogP contribution in [-0.2, 0) is 38.0 Å². The highest BCUT2D eigenvalue weighted by Gasteiger charge is 2.79. The van der Waals surface area contributed by atoms with Crippen LogP contribution in [0.2, 0.25) is 0 Å². The first kappa shape index (κ1) is 31.9. The van der Waals surface area contributed by atoms with Crippen LogP contribution < -0.4 is 0 Å². The van der Waals surface area contributed by atoms with Gasteiger partial charge >= 0.3 is 17.9 Å². The molecule has 0 amide bonds. The third-order valence-corrected chi connectivity index (χ3v) is 11.1. The van der Waals surface area contributed by atoms with Crippen molar-refractivity contribution in [1.29, 1.82) is 0 Å². The van der Waals surface area contributed by atoms with E-state index >= 15 is 0 Å². The van der Waals surface area contributed by atoms with Gasteiger partial charge in [0.15, 0.2) is 18.0 Å². The predicted molar refractivity (Wildman–Crippen MR) is 157 cm³/mol. The van der Waals surface area contributed by atoms with Gasteiger partial charge in [-0.05, 0) is 36.3 Å². The van der Waals surface area contributed by atoms with Gasteiger partial charge in [-0.25, -0.2) is 4.79 Å². The maximum absolute atomic E-state index is 13.9. The van der Waals surface area contributed by atoms with Crippen molar-refractivity contribution in [2.24, 2.45) is 16.7 Å². The van der Waals surface area contributed by atoms with Crippen molar-refractivity contribution in [2.45, 2.75) is 108 Å². The molecule has 0 aromatic heterocycles. The van der Waals surface area contributed by atoms with Gasteiger partial charge in [-0.3, -0.25) is 9.59 Å². The van der Waals surface area contributed by atoms with E-state index in [-0.39, 0.29) is 25.0 Å². The predicted octanol–water partition coefficient (Wildman–Crippen LogP) is 3.02. The van der Waals surface area contributed by atoms with Crippen LogP contribution in [0.1, 0.15) is 64.7 Å². The molecule has 6 rings (SSSR count). The number of rotatable bonds is 5. The number of fused-ring (bicyclic) bond motifs is 4. The lowest BCUT2D eigenvalue weighted by Crippen LogP contribution is -2.83. The molecular formula is C34H42O11. The molecule has 244 valence electrons. The summed E-state index contributed by atoms with van der Waals surface area (Å²) in [4.78, 5) is 39.6. The van der Waals surface area contributed by atoms with Crippen LogP contribution in [0.15, 0.2) is 54.1 Å². The molecule has 0 unspecified atom stereocenters. The lowest BCUT2D eigenvalue weighted by atomic mass is 9.44. The number of ether oxygens (including phenoxy) is 6. The van der Waals surface area contributed by atoms with Crippen LogP contribution in [0.25, 0.3) is 0 Å². The minimum Gasteiger partial charge on any atom is -0.455 e. The van der Waals surface area contributed by atoms with E-state index in [1.54, 1.807) is 51.1 Å². The Morgan fingerprint density at radius 1 is 1.02 bits per heavy atom. The number of hydrogen-bond donors (Lipinski definition) is 2. The third kappa shape index (κ3) is 4.46. The number of carbonyl (C=O) groups excluding carboxylic acids is 3. The molecule has 3 aliphatic carbocycles. The largest absolute Gasteiger partial charge is 0.455 e. The van der Waals surface area contributed by atoms with Gasteiger partial charge < -0.3 is 38.6 Å². The zero-order valence-corrected chi connectivity index (χ0v) is 26.5. The van der Waals surface area contributed by atoms with E-state index in [9.17, 15) is 24.6 Å². The Bertz CT molecular complexity index is 1440. The molecule has 2 saturated heterocycles. The highest BCUT2D eigenvalue weighted by atomic mass is 16.7. The van der Waals surface area contributed by atoms with Gasteiger partial charge in [-0.15, -0.1) is 0 Å². The van der Waals surface area contributed by atoms with Crippen molar-refractivity contribution in [2.75, 3.05) is 6.61 Å². The zero-order valence-electron chi connectivity index (χ0n) is 26.5. The topological polar surface area (TPSA) is 147 Å². The Balaban J connectivity index is 1.68. The van der Waals surface area contributed by atoms with E-state index < -0.39 is 88.8 Å². The molecule has 0 radical (unpaired) electrons. The molecule has 0 spiro atoms. The fourth-order valence-electron chi connectivity index (χ4n) is 8.97. The molecule has 45 heavy (non-hydrogen) atoms. The standard InChI is InChI=1S/C34H42O11/c1-8-24-42-22-14-23-33(16-40-23,45-19(4)36)27-29(44-30(38)20-12-10-9-11-13-20)34(39)15-21(37)17(2)25(31(34,5)6)26(41-18(3)35)28(43-24)32(22,27)7/h8-13,21-24,26-29,37,39H,1,14-16H2,2-7H3/t21-,22-,23+,24-,26-,27-,28-,29-,32+,33-,34+/m0/s1. The Morgan fingerprint density at radius 2 is 1.71 bits per heavy atom. The second kappa shape index (κ2) is 10.7. The summed E-state index contributed by atoms with van der Waals surface area (Å²) in [5.41, 5.74) is -4.60. The summed E-state index contributed by atoms with van der Waals surface area (Å²) in [7, 11) is 0. The molecule has 11 atom stereocenters. The Hall–Kier alpha value is -3.09. The second-order valence-corrected chi connectivity index (χ2v) is 13.8. The van der Waals surface area contributed by atoms with E-state index in [4.69, 9.17) is 28.4 Å². The average Bonchev–Trinajstić information content (AvgIpc) is 2.96. The van der Waals surface area contributed by atoms with Crippen molar-refractivity contribution in [3.05, 3.63) is 59.7 Å². The summed E-state index contributed by atoms with van der Waals surface area (Å²) in [5.74, 6) is -2.89. The van der Waals surface area contributed by atoms with Crippen molar-refractivity contribution in [3.63, 3.8) is 0 Å². The molecule has 2 heterocycles. The molecule has 1 aromatic rings. The molecule has 11 nitrogen and oxygen atoms in total. The van der Waals surface area contributed by atoms with Gasteiger partial charge in [0.1, 0.15) is 23.9 Å². The monoisotopic (exact) mass is 626 g/mol. The van der Waals surface area contributed by atoms with E-state index in [0.29, 0.717) is 11.1 Å². The van der Waals surface area contributed by atoms with Crippen LogP contribution in [0.3, 0.4) is 0 Å². The average molecular weight is 627 g/mol. The number of aliphatic hydroxyl groups is 2. The van der Waals surface area contributed by atoms with Gasteiger partial charge in [0.05, 0.1) is 30.3 Å². The smallest absolute Gasteiger partial charge is 0.338 e. The summed E-state index contributed by atoms with van der Waals surface area (Å²) in [6.07, 6.45) is -5.32. The molecular weight excluding hydrogens is 584 g/mol. The van der Waals surface area contributed by atoms with Gasteiger partial charge in [0, 0.05) is 37.5 Å². The first-order chi connectivity index (χ1) is 21.1.